The molecule has 2 rings (SSSR count). The van der Waals surface area contributed by atoms with Gasteiger partial charge in [0.25, 0.3) is 0 Å². The van der Waals surface area contributed by atoms with Crippen molar-refractivity contribution < 1.29 is 9.47 Å². The van der Waals surface area contributed by atoms with Gasteiger partial charge < -0.3 is 14.0 Å². The second-order valence-electron chi connectivity index (χ2n) is 4.02. The van der Waals surface area contributed by atoms with Gasteiger partial charge in [-0.15, -0.1) is 0 Å². The zero-order valence-electron chi connectivity index (χ0n) is 10.8. The fourth-order valence-corrected chi connectivity index (χ4v) is 2.52. The van der Waals surface area contributed by atoms with Gasteiger partial charge in [0.2, 0.25) is 0 Å². The van der Waals surface area contributed by atoms with Gasteiger partial charge in [0.05, 0.1) is 26.2 Å². The van der Waals surface area contributed by atoms with E-state index in [1.54, 1.807) is 20.5 Å². The van der Waals surface area contributed by atoms with Crippen molar-refractivity contribution in [3.05, 3.63) is 28.6 Å². The van der Waals surface area contributed by atoms with E-state index in [0.29, 0.717) is 0 Å². The van der Waals surface area contributed by atoms with Gasteiger partial charge in [0.1, 0.15) is 16.1 Å². The van der Waals surface area contributed by atoms with Crippen molar-refractivity contribution in [2.24, 2.45) is 7.05 Å². The number of methoxy groups -OCH3 is 2. The number of ether oxygens (including phenoxy) is 2. The molecular weight excluding hydrogens is 296 g/mol. The van der Waals surface area contributed by atoms with E-state index >= 15 is 0 Å². The molecule has 4 nitrogen and oxygen atoms in total. The summed E-state index contributed by atoms with van der Waals surface area (Å²) >= 11 is 3.45. The highest BCUT2D eigenvalue weighted by Crippen LogP contribution is 2.38. The molecular formula is C13H15BrN2O2. The first-order valence-electron chi connectivity index (χ1n) is 5.48. The highest BCUT2D eigenvalue weighted by molar-refractivity contribution is 9.10. The van der Waals surface area contributed by atoms with Crippen molar-refractivity contribution in [3.63, 3.8) is 0 Å². The van der Waals surface area contributed by atoms with Gasteiger partial charge in [-0.1, -0.05) is 0 Å². The van der Waals surface area contributed by atoms with Gasteiger partial charge in [0, 0.05) is 12.6 Å². The number of aromatic nitrogens is 2. The fourth-order valence-electron chi connectivity index (χ4n) is 1.94. The van der Waals surface area contributed by atoms with E-state index < -0.39 is 0 Å². The van der Waals surface area contributed by atoms with E-state index in [-0.39, 0.29) is 0 Å². The zero-order chi connectivity index (χ0) is 13.3. The van der Waals surface area contributed by atoms with Crippen LogP contribution in [0.4, 0.5) is 0 Å². The maximum absolute atomic E-state index is 5.44. The van der Waals surface area contributed by atoms with Crippen LogP contribution in [-0.2, 0) is 7.05 Å². The topological polar surface area (TPSA) is 36.3 Å². The number of benzene rings is 1. The summed E-state index contributed by atoms with van der Waals surface area (Å²) < 4.78 is 13.5. The van der Waals surface area contributed by atoms with Crippen molar-refractivity contribution >= 4 is 15.9 Å². The molecule has 1 aromatic heterocycles. The standard InChI is InChI=1S/C13H15BrN2O2/c1-8-5-11(18-4)9(6-10(8)17-3)12-13(14)15-7-16(12)2/h5-7H,1-4H3. The average molecular weight is 311 g/mol. The first-order chi connectivity index (χ1) is 8.58. The Morgan fingerprint density at radius 3 is 2.33 bits per heavy atom. The zero-order valence-corrected chi connectivity index (χ0v) is 12.4. The monoisotopic (exact) mass is 310 g/mol. The van der Waals surface area contributed by atoms with Crippen LogP contribution in [0.15, 0.2) is 23.1 Å². The van der Waals surface area contributed by atoms with E-state index in [9.17, 15) is 0 Å². The van der Waals surface area contributed by atoms with Crippen LogP contribution in [-0.4, -0.2) is 23.8 Å². The summed E-state index contributed by atoms with van der Waals surface area (Å²) in [5, 5.41) is 0. The smallest absolute Gasteiger partial charge is 0.132 e. The summed E-state index contributed by atoms with van der Waals surface area (Å²) in [6.07, 6.45) is 1.76. The van der Waals surface area contributed by atoms with Crippen molar-refractivity contribution in [2.45, 2.75) is 6.92 Å². The lowest BCUT2D eigenvalue weighted by Crippen LogP contribution is -1.97. The van der Waals surface area contributed by atoms with E-state index in [4.69, 9.17) is 9.47 Å². The second-order valence-corrected chi connectivity index (χ2v) is 4.77. The quantitative estimate of drug-likeness (QED) is 0.873. The molecule has 1 aromatic carbocycles. The Kier molecular flexibility index (Phi) is 3.61. The van der Waals surface area contributed by atoms with Crippen molar-refractivity contribution in [2.75, 3.05) is 14.2 Å². The Morgan fingerprint density at radius 2 is 1.83 bits per heavy atom. The van der Waals surface area contributed by atoms with Crippen LogP contribution in [0.2, 0.25) is 0 Å². The third kappa shape index (κ3) is 2.10. The molecule has 18 heavy (non-hydrogen) atoms. The summed E-state index contributed by atoms with van der Waals surface area (Å²) in [6, 6.07) is 3.93. The summed E-state index contributed by atoms with van der Waals surface area (Å²) in [4.78, 5) is 4.23. The molecule has 0 N–H and O–H groups in total. The van der Waals surface area contributed by atoms with E-state index in [0.717, 1.165) is 32.9 Å². The highest BCUT2D eigenvalue weighted by Gasteiger charge is 2.16. The predicted molar refractivity (Wildman–Crippen MR) is 74.2 cm³/mol. The Balaban J connectivity index is 2.69. The first kappa shape index (κ1) is 13.0. The van der Waals surface area contributed by atoms with Gasteiger partial charge in [-0.3, -0.25) is 0 Å². The number of aryl methyl sites for hydroxylation is 2. The highest BCUT2D eigenvalue weighted by atomic mass is 79.9. The molecule has 0 saturated carbocycles. The molecule has 0 fully saturated rings. The molecule has 0 aliphatic rings. The van der Waals surface area contributed by atoms with Crippen LogP contribution < -0.4 is 9.47 Å². The Labute approximate surface area is 115 Å². The number of rotatable bonds is 3. The largest absolute Gasteiger partial charge is 0.496 e. The van der Waals surface area contributed by atoms with Crippen LogP contribution in [0.5, 0.6) is 11.5 Å². The van der Waals surface area contributed by atoms with Crippen LogP contribution in [0.3, 0.4) is 0 Å². The lowest BCUT2D eigenvalue weighted by molar-refractivity contribution is 0.401. The molecule has 2 aromatic rings. The SMILES string of the molecule is COc1cc(-c2c(Br)ncn2C)c(OC)cc1C. The molecule has 0 bridgehead atoms. The van der Waals surface area contributed by atoms with Gasteiger partial charge in [-0.25, -0.2) is 4.98 Å². The number of imidazole rings is 1. The van der Waals surface area contributed by atoms with E-state index in [2.05, 4.69) is 20.9 Å². The predicted octanol–water partition coefficient (Wildman–Crippen LogP) is 3.18. The fraction of sp³-hybridized carbons (Fsp3) is 0.308. The van der Waals surface area contributed by atoms with Gasteiger partial charge in [0.15, 0.2) is 0 Å². The van der Waals surface area contributed by atoms with Gasteiger partial charge in [-0.05, 0) is 40.5 Å². The third-order valence-electron chi connectivity index (χ3n) is 2.86. The number of nitrogens with zero attached hydrogens (tertiary/aromatic N) is 2. The molecule has 0 aliphatic carbocycles. The van der Waals surface area contributed by atoms with Crippen LogP contribution >= 0.6 is 15.9 Å². The average Bonchev–Trinajstić information content (AvgIpc) is 2.69. The number of halogens is 1. The minimum atomic E-state index is 0.786. The number of hydrogen-bond acceptors (Lipinski definition) is 3. The molecule has 0 radical (unpaired) electrons. The Morgan fingerprint density at radius 1 is 1.17 bits per heavy atom. The van der Waals surface area contributed by atoms with E-state index in [1.807, 2.05) is 30.7 Å². The molecule has 0 amide bonds. The Hall–Kier alpha value is -1.49. The molecule has 96 valence electrons. The van der Waals surface area contributed by atoms with Crippen LogP contribution in [0.1, 0.15) is 5.56 Å². The summed E-state index contributed by atoms with van der Waals surface area (Å²) in [7, 11) is 5.27. The van der Waals surface area contributed by atoms with Crippen molar-refractivity contribution in [3.8, 4) is 22.8 Å². The second kappa shape index (κ2) is 5.02. The lowest BCUT2D eigenvalue weighted by atomic mass is 10.1. The molecule has 0 aliphatic heterocycles. The molecule has 0 atom stereocenters. The Bertz CT molecular complexity index is 559. The maximum Gasteiger partial charge on any atom is 0.132 e. The molecule has 1 heterocycles. The van der Waals surface area contributed by atoms with Gasteiger partial charge >= 0.3 is 0 Å². The summed E-state index contributed by atoms with van der Waals surface area (Å²) in [5.74, 6) is 1.64. The van der Waals surface area contributed by atoms with Crippen molar-refractivity contribution in [1.82, 2.24) is 9.55 Å². The number of hydrogen-bond donors (Lipinski definition) is 0. The molecule has 0 spiro atoms. The normalized spacial score (nSPS) is 10.5. The molecule has 0 unspecified atom stereocenters. The summed E-state index contributed by atoms with van der Waals surface area (Å²) in [6.45, 7) is 1.99. The lowest BCUT2D eigenvalue weighted by Gasteiger charge is -2.13. The maximum atomic E-state index is 5.44. The first-order valence-corrected chi connectivity index (χ1v) is 6.27. The van der Waals surface area contributed by atoms with Crippen molar-refractivity contribution in [1.29, 1.82) is 0 Å². The minimum Gasteiger partial charge on any atom is -0.496 e. The van der Waals surface area contributed by atoms with E-state index in [1.165, 1.54) is 0 Å². The summed E-state index contributed by atoms with van der Waals surface area (Å²) in [5.41, 5.74) is 2.95. The molecule has 0 saturated heterocycles. The van der Waals surface area contributed by atoms with Gasteiger partial charge in [-0.2, -0.15) is 0 Å². The minimum absolute atomic E-state index is 0.786. The van der Waals surface area contributed by atoms with Crippen LogP contribution in [0.25, 0.3) is 11.3 Å². The van der Waals surface area contributed by atoms with Crippen LogP contribution in [0, 0.1) is 6.92 Å². The molecule has 5 heteroatoms. The third-order valence-corrected chi connectivity index (χ3v) is 3.44.